The molecule has 4 nitrogen and oxygen atoms in total. The van der Waals surface area contributed by atoms with Gasteiger partial charge in [-0.2, -0.15) is 0 Å². The Morgan fingerprint density at radius 1 is 1.32 bits per heavy atom. The molecule has 6 heteroatoms. The largest absolute Gasteiger partial charge is 0.396 e. The summed E-state index contributed by atoms with van der Waals surface area (Å²) in [7, 11) is -3.41. The molecule has 106 valence electrons. The predicted molar refractivity (Wildman–Crippen MR) is 69.0 cm³/mol. The van der Waals surface area contributed by atoms with Gasteiger partial charge in [0.2, 0.25) is 0 Å². The van der Waals surface area contributed by atoms with E-state index in [0.717, 1.165) is 0 Å². The Morgan fingerprint density at radius 2 is 1.95 bits per heavy atom. The van der Waals surface area contributed by atoms with Crippen LogP contribution < -0.4 is 0 Å². The van der Waals surface area contributed by atoms with E-state index in [2.05, 4.69) is 0 Å². The quantitative estimate of drug-likeness (QED) is 0.836. The van der Waals surface area contributed by atoms with E-state index in [4.69, 9.17) is 0 Å². The number of sulfone groups is 1. The minimum atomic E-state index is -3.41. The Labute approximate surface area is 111 Å². The second-order valence-electron chi connectivity index (χ2n) is 4.95. The summed E-state index contributed by atoms with van der Waals surface area (Å²) >= 11 is 0. The highest BCUT2D eigenvalue weighted by Gasteiger charge is 2.69. The van der Waals surface area contributed by atoms with E-state index < -0.39 is 45.5 Å². The van der Waals surface area contributed by atoms with Crippen LogP contribution in [0.3, 0.4) is 0 Å². The summed E-state index contributed by atoms with van der Waals surface area (Å²) in [4.78, 5) is 0. The first-order valence-electron chi connectivity index (χ1n) is 6.11. The SMILES string of the molecule is CCS(=O)(=O)[C@H]1[C@@H](c2cccc(F)c2)C1(CO)CO. The maximum Gasteiger partial charge on any atom is 0.154 e. The number of halogens is 1. The Balaban J connectivity index is 2.45. The average Bonchev–Trinajstić information content (AvgIpc) is 3.09. The number of hydrogen-bond donors (Lipinski definition) is 2. The third kappa shape index (κ3) is 2.17. The summed E-state index contributed by atoms with van der Waals surface area (Å²) < 4.78 is 37.3. The summed E-state index contributed by atoms with van der Waals surface area (Å²) in [6.07, 6.45) is 0. The molecule has 2 N–H and O–H groups in total. The number of aliphatic hydroxyl groups is 2. The molecule has 0 heterocycles. The van der Waals surface area contributed by atoms with E-state index in [-0.39, 0.29) is 5.75 Å². The van der Waals surface area contributed by atoms with Gasteiger partial charge in [0.15, 0.2) is 9.84 Å². The molecule has 1 saturated carbocycles. The lowest BCUT2D eigenvalue weighted by atomic mass is 10.0. The molecule has 2 rings (SSSR count). The van der Waals surface area contributed by atoms with Crippen molar-refractivity contribution in [2.24, 2.45) is 5.41 Å². The summed E-state index contributed by atoms with van der Waals surface area (Å²) in [5.41, 5.74) is -0.590. The third-order valence-electron chi connectivity index (χ3n) is 3.97. The van der Waals surface area contributed by atoms with Gasteiger partial charge in [0, 0.05) is 17.1 Å². The van der Waals surface area contributed by atoms with E-state index in [1.165, 1.54) is 25.1 Å². The molecule has 0 aliphatic heterocycles. The van der Waals surface area contributed by atoms with Crippen molar-refractivity contribution < 1.29 is 23.0 Å². The highest BCUT2D eigenvalue weighted by Crippen LogP contribution is 2.62. The maximum atomic E-state index is 13.2. The zero-order valence-corrected chi connectivity index (χ0v) is 11.4. The standard InChI is InChI=1S/C13H17FO4S/c1-2-19(17,18)12-11(13(12,7-15)8-16)9-4-3-5-10(14)6-9/h3-6,11-12,15-16H,2,7-8H2,1H3/t11-,12+/m1/s1. The average molecular weight is 288 g/mol. The normalized spacial score (nSPS) is 25.3. The van der Waals surface area contributed by atoms with Gasteiger partial charge in [0.1, 0.15) is 5.82 Å². The molecule has 1 fully saturated rings. The van der Waals surface area contributed by atoms with E-state index >= 15 is 0 Å². The second kappa shape index (κ2) is 4.85. The van der Waals surface area contributed by atoms with E-state index in [1.807, 2.05) is 0 Å². The minimum absolute atomic E-state index is 0.0643. The van der Waals surface area contributed by atoms with Crippen molar-refractivity contribution >= 4 is 9.84 Å². The van der Waals surface area contributed by atoms with Crippen LogP contribution in [0.1, 0.15) is 18.4 Å². The monoisotopic (exact) mass is 288 g/mol. The van der Waals surface area contributed by atoms with Crippen LogP contribution in [0, 0.1) is 11.2 Å². The van der Waals surface area contributed by atoms with Gasteiger partial charge < -0.3 is 10.2 Å². The van der Waals surface area contributed by atoms with E-state index in [0.29, 0.717) is 5.56 Å². The molecule has 0 saturated heterocycles. The highest BCUT2D eigenvalue weighted by molar-refractivity contribution is 7.92. The van der Waals surface area contributed by atoms with Crippen LogP contribution in [0.15, 0.2) is 24.3 Å². The van der Waals surface area contributed by atoms with Crippen molar-refractivity contribution in [3.63, 3.8) is 0 Å². The molecule has 0 radical (unpaired) electrons. The van der Waals surface area contributed by atoms with Crippen LogP contribution in [0.2, 0.25) is 0 Å². The van der Waals surface area contributed by atoms with Gasteiger partial charge in [-0.1, -0.05) is 19.1 Å². The van der Waals surface area contributed by atoms with Gasteiger partial charge in [-0.25, -0.2) is 12.8 Å². The Bertz CT molecular complexity index is 566. The second-order valence-corrected chi connectivity index (χ2v) is 7.37. The number of rotatable bonds is 5. The molecule has 1 aliphatic carbocycles. The summed E-state index contributed by atoms with van der Waals surface area (Å²) in [6.45, 7) is 0.652. The molecule has 1 aromatic carbocycles. The molecular weight excluding hydrogens is 271 g/mol. The van der Waals surface area contributed by atoms with Gasteiger partial charge in [-0.3, -0.25) is 0 Å². The topological polar surface area (TPSA) is 74.6 Å². The third-order valence-corrected chi connectivity index (χ3v) is 6.29. The molecule has 1 aliphatic rings. The maximum absolute atomic E-state index is 13.2. The molecule has 19 heavy (non-hydrogen) atoms. The van der Waals surface area contributed by atoms with Crippen molar-refractivity contribution in [1.29, 1.82) is 0 Å². The van der Waals surface area contributed by atoms with Gasteiger partial charge >= 0.3 is 0 Å². The Kier molecular flexibility index (Phi) is 3.68. The van der Waals surface area contributed by atoms with Crippen LogP contribution >= 0.6 is 0 Å². The highest BCUT2D eigenvalue weighted by atomic mass is 32.2. The first kappa shape index (κ1) is 14.4. The van der Waals surface area contributed by atoms with Crippen LogP contribution in [-0.4, -0.2) is 42.8 Å². The molecule has 0 bridgehead atoms. The number of aliphatic hydroxyl groups excluding tert-OH is 2. The van der Waals surface area contributed by atoms with Gasteiger partial charge in [-0.05, 0) is 17.7 Å². The lowest BCUT2D eigenvalue weighted by Gasteiger charge is -2.10. The fourth-order valence-corrected chi connectivity index (χ4v) is 4.97. The van der Waals surface area contributed by atoms with Crippen LogP contribution in [0.4, 0.5) is 4.39 Å². The molecular formula is C13H17FO4S. The van der Waals surface area contributed by atoms with Crippen LogP contribution in [0.25, 0.3) is 0 Å². The zero-order chi connectivity index (χ0) is 14.3. The smallest absolute Gasteiger partial charge is 0.154 e. The van der Waals surface area contributed by atoms with Crippen molar-refractivity contribution in [2.75, 3.05) is 19.0 Å². The van der Waals surface area contributed by atoms with Crippen molar-refractivity contribution in [3.8, 4) is 0 Å². The molecule has 0 amide bonds. The van der Waals surface area contributed by atoms with Gasteiger partial charge in [0.05, 0.1) is 18.5 Å². The predicted octanol–water partition coefficient (Wildman–Crippen LogP) is 0.697. The molecule has 0 spiro atoms. The van der Waals surface area contributed by atoms with E-state index in [9.17, 15) is 23.0 Å². The summed E-state index contributed by atoms with van der Waals surface area (Å²) in [5, 5.41) is 18.1. The zero-order valence-electron chi connectivity index (χ0n) is 10.6. The van der Waals surface area contributed by atoms with Crippen molar-refractivity contribution in [2.45, 2.75) is 18.1 Å². The van der Waals surface area contributed by atoms with Crippen LogP contribution in [-0.2, 0) is 9.84 Å². The number of hydrogen-bond acceptors (Lipinski definition) is 4. The number of benzene rings is 1. The molecule has 2 atom stereocenters. The molecule has 0 unspecified atom stereocenters. The van der Waals surface area contributed by atoms with Crippen LogP contribution in [0.5, 0.6) is 0 Å². The minimum Gasteiger partial charge on any atom is -0.396 e. The van der Waals surface area contributed by atoms with Gasteiger partial charge in [0.25, 0.3) is 0 Å². The van der Waals surface area contributed by atoms with Gasteiger partial charge in [-0.15, -0.1) is 0 Å². The Hall–Kier alpha value is -0.980. The lowest BCUT2D eigenvalue weighted by molar-refractivity contribution is 0.130. The first-order valence-corrected chi connectivity index (χ1v) is 7.83. The van der Waals surface area contributed by atoms with E-state index in [1.54, 1.807) is 6.07 Å². The Morgan fingerprint density at radius 3 is 2.42 bits per heavy atom. The molecule has 1 aromatic rings. The lowest BCUT2D eigenvalue weighted by Crippen LogP contribution is -2.23. The summed E-state index contributed by atoms with van der Waals surface area (Å²) in [5.74, 6) is -1.07. The fourth-order valence-electron chi connectivity index (χ4n) is 2.83. The first-order chi connectivity index (χ1) is 8.93. The molecule has 0 aromatic heterocycles. The summed E-state index contributed by atoms with van der Waals surface area (Å²) in [6, 6.07) is 5.65. The fraction of sp³-hybridized carbons (Fsp3) is 0.538. The van der Waals surface area contributed by atoms with Crippen molar-refractivity contribution in [1.82, 2.24) is 0 Å². The van der Waals surface area contributed by atoms with Crippen molar-refractivity contribution in [3.05, 3.63) is 35.6 Å².